The molecule has 0 aliphatic carbocycles. The second kappa shape index (κ2) is 2.91. The van der Waals surface area contributed by atoms with Crippen molar-refractivity contribution in [2.45, 2.75) is 0 Å². The largest absolute Gasteiger partial charge is 0.506 e. The van der Waals surface area contributed by atoms with E-state index in [9.17, 15) is 4.79 Å². The molecule has 0 heterocycles. The summed E-state index contributed by atoms with van der Waals surface area (Å²) < 4.78 is 0. The van der Waals surface area contributed by atoms with Crippen LogP contribution in [-0.2, 0) is 0 Å². The minimum absolute atomic E-state index is 0.214. The molecule has 12 heavy (non-hydrogen) atoms. The Morgan fingerprint density at radius 2 is 1.67 bits per heavy atom. The summed E-state index contributed by atoms with van der Waals surface area (Å²) in [5.74, 6) is -2.14. The molecule has 1 aromatic carbocycles. The third-order valence-electron chi connectivity index (χ3n) is 1.28. The van der Waals surface area contributed by atoms with Crippen molar-refractivity contribution in [1.29, 1.82) is 0 Å². The zero-order valence-corrected chi connectivity index (χ0v) is 6.54. The van der Waals surface area contributed by atoms with Crippen molar-refractivity contribution in [3.05, 3.63) is 22.7 Å². The first-order chi connectivity index (χ1) is 5.52. The Morgan fingerprint density at radius 3 is 2.00 bits per heavy atom. The molecule has 0 aliphatic rings. The van der Waals surface area contributed by atoms with Crippen molar-refractivity contribution >= 4 is 17.6 Å². The lowest BCUT2D eigenvalue weighted by Gasteiger charge is -2.01. The zero-order chi connectivity index (χ0) is 9.30. The number of carboxylic acid groups (broad SMARTS) is 1. The SMILES string of the molecule is O=C(O)c1cc(O)c(Cl)c(O)c1. The lowest BCUT2D eigenvalue weighted by atomic mass is 10.2. The van der Waals surface area contributed by atoms with Crippen LogP contribution in [-0.4, -0.2) is 21.3 Å². The van der Waals surface area contributed by atoms with Gasteiger partial charge in [0.2, 0.25) is 0 Å². The van der Waals surface area contributed by atoms with Crippen molar-refractivity contribution in [3.63, 3.8) is 0 Å². The first-order valence-corrected chi connectivity index (χ1v) is 3.35. The number of phenols is 2. The van der Waals surface area contributed by atoms with E-state index in [0.29, 0.717) is 0 Å². The van der Waals surface area contributed by atoms with Gasteiger partial charge in [-0.15, -0.1) is 0 Å². The second-order valence-corrected chi connectivity index (χ2v) is 2.51. The summed E-state index contributed by atoms with van der Waals surface area (Å²) in [6, 6.07) is 1.93. The second-order valence-electron chi connectivity index (χ2n) is 2.13. The number of carbonyl (C=O) groups is 1. The highest BCUT2D eigenvalue weighted by molar-refractivity contribution is 6.33. The van der Waals surface area contributed by atoms with E-state index in [1.165, 1.54) is 0 Å². The molecule has 0 bridgehead atoms. The molecule has 3 N–H and O–H groups in total. The fraction of sp³-hybridized carbons (Fsp3) is 0. The molecule has 1 aromatic rings. The molecule has 4 nitrogen and oxygen atoms in total. The summed E-state index contributed by atoms with van der Waals surface area (Å²) in [6.45, 7) is 0. The highest BCUT2D eigenvalue weighted by Crippen LogP contribution is 2.33. The number of aromatic carboxylic acids is 1. The predicted molar refractivity (Wildman–Crippen MR) is 41.7 cm³/mol. The smallest absolute Gasteiger partial charge is 0.335 e. The maximum absolute atomic E-state index is 10.4. The van der Waals surface area contributed by atoms with Crippen molar-refractivity contribution in [2.75, 3.05) is 0 Å². The van der Waals surface area contributed by atoms with Crippen LogP contribution in [0.25, 0.3) is 0 Å². The Labute approximate surface area is 72.6 Å². The van der Waals surface area contributed by atoms with E-state index < -0.39 is 17.5 Å². The Kier molecular flexibility index (Phi) is 2.10. The van der Waals surface area contributed by atoms with Crippen LogP contribution < -0.4 is 0 Å². The molecule has 0 atom stereocenters. The van der Waals surface area contributed by atoms with Crippen LogP contribution >= 0.6 is 11.6 Å². The van der Waals surface area contributed by atoms with Crippen LogP contribution in [0, 0.1) is 0 Å². The Balaban J connectivity index is 3.31. The number of rotatable bonds is 1. The van der Waals surface area contributed by atoms with Gasteiger partial charge in [0.05, 0.1) is 5.56 Å². The summed E-state index contributed by atoms with van der Waals surface area (Å²) in [6.07, 6.45) is 0. The molecule has 5 heteroatoms. The topological polar surface area (TPSA) is 77.8 Å². The van der Waals surface area contributed by atoms with Crippen LogP contribution in [0.5, 0.6) is 11.5 Å². The van der Waals surface area contributed by atoms with Gasteiger partial charge in [-0.25, -0.2) is 4.79 Å². The summed E-state index contributed by atoms with van der Waals surface area (Å²) in [7, 11) is 0. The molecule has 0 aliphatic heterocycles. The van der Waals surface area contributed by atoms with Gasteiger partial charge in [-0.05, 0) is 12.1 Å². The van der Waals surface area contributed by atoms with Crippen molar-refractivity contribution in [1.82, 2.24) is 0 Å². The third-order valence-corrected chi connectivity index (χ3v) is 1.67. The average Bonchev–Trinajstić information content (AvgIpc) is 1.99. The molecular formula is C7H5ClO4. The van der Waals surface area contributed by atoms with Crippen molar-refractivity contribution < 1.29 is 20.1 Å². The Hall–Kier alpha value is -1.42. The predicted octanol–water partition coefficient (Wildman–Crippen LogP) is 1.45. The van der Waals surface area contributed by atoms with E-state index in [4.69, 9.17) is 26.9 Å². The first kappa shape index (κ1) is 8.67. The summed E-state index contributed by atoms with van der Waals surface area (Å²) >= 11 is 5.36. The number of aromatic hydroxyl groups is 2. The van der Waals surface area contributed by atoms with Gasteiger partial charge in [-0.3, -0.25) is 0 Å². The number of halogens is 1. The lowest BCUT2D eigenvalue weighted by Crippen LogP contribution is -1.95. The van der Waals surface area contributed by atoms with Crippen molar-refractivity contribution in [2.24, 2.45) is 0 Å². The minimum atomic E-state index is -1.24. The third kappa shape index (κ3) is 1.43. The normalized spacial score (nSPS) is 9.75. The van der Waals surface area contributed by atoms with Crippen LogP contribution in [0.3, 0.4) is 0 Å². The van der Waals surface area contributed by atoms with E-state index in [1.54, 1.807) is 0 Å². The molecule has 0 radical (unpaired) electrons. The molecular weight excluding hydrogens is 184 g/mol. The summed E-state index contributed by atoms with van der Waals surface area (Å²) in [5.41, 5.74) is -0.214. The van der Waals surface area contributed by atoms with Gasteiger partial charge < -0.3 is 15.3 Å². The molecule has 0 saturated carbocycles. The molecule has 0 unspecified atom stereocenters. The number of phenolic OH excluding ortho intramolecular Hbond substituents is 2. The molecule has 0 fully saturated rings. The van der Waals surface area contributed by atoms with E-state index in [1.807, 2.05) is 0 Å². The van der Waals surface area contributed by atoms with Crippen LogP contribution in [0.15, 0.2) is 12.1 Å². The Bertz CT molecular complexity index is 311. The Morgan fingerprint density at radius 1 is 1.25 bits per heavy atom. The first-order valence-electron chi connectivity index (χ1n) is 2.97. The van der Waals surface area contributed by atoms with Gasteiger partial charge in [0.25, 0.3) is 0 Å². The number of hydrogen-bond donors (Lipinski definition) is 3. The lowest BCUT2D eigenvalue weighted by molar-refractivity contribution is 0.0696. The van der Waals surface area contributed by atoms with Gasteiger partial charge in [0, 0.05) is 0 Å². The van der Waals surface area contributed by atoms with Gasteiger partial charge in [0.1, 0.15) is 16.5 Å². The van der Waals surface area contributed by atoms with Gasteiger partial charge in [0.15, 0.2) is 0 Å². The van der Waals surface area contributed by atoms with Crippen LogP contribution in [0.4, 0.5) is 0 Å². The fourth-order valence-electron chi connectivity index (χ4n) is 0.718. The molecule has 1 rings (SSSR count). The summed E-state index contributed by atoms with van der Waals surface area (Å²) in [4.78, 5) is 10.4. The maximum Gasteiger partial charge on any atom is 0.335 e. The van der Waals surface area contributed by atoms with E-state index in [2.05, 4.69) is 0 Å². The van der Waals surface area contributed by atoms with E-state index in [-0.39, 0.29) is 10.6 Å². The monoisotopic (exact) mass is 188 g/mol. The fourth-order valence-corrected chi connectivity index (χ4v) is 0.827. The quantitative estimate of drug-likeness (QED) is 0.623. The molecule has 0 aromatic heterocycles. The van der Waals surface area contributed by atoms with Gasteiger partial charge in [-0.1, -0.05) is 11.6 Å². The zero-order valence-electron chi connectivity index (χ0n) is 5.78. The number of hydrogen-bond acceptors (Lipinski definition) is 3. The summed E-state index contributed by atoms with van der Waals surface area (Å²) in [5, 5.41) is 26.2. The average molecular weight is 189 g/mol. The van der Waals surface area contributed by atoms with Gasteiger partial charge >= 0.3 is 5.97 Å². The molecule has 0 spiro atoms. The minimum Gasteiger partial charge on any atom is -0.506 e. The van der Waals surface area contributed by atoms with Crippen LogP contribution in [0.2, 0.25) is 5.02 Å². The molecule has 0 saturated heterocycles. The van der Waals surface area contributed by atoms with Gasteiger partial charge in [-0.2, -0.15) is 0 Å². The van der Waals surface area contributed by atoms with Crippen molar-refractivity contribution in [3.8, 4) is 11.5 Å². The maximum atomic E-state index is 10.4. The highest BCUT2D eigenvalue weighted by Gasteiger charge is 2.10. The number of carboxylic acids is 1. The molecule has 64 valence electrons. The van der Waals surface area contributed by atoms with E-state index >= 15 is 0 Å². The van der Waals surface area contributed by atoms with E-state index in [0.717, 1.165) is 12.1 Å². The standard InChI is InChI=1S/C7H5ClO4/c8-6-4(9)1-3(7(11)12)2-5(6)10/h1-2,9-10H,(H,11,12). The number of benzene rings is 1. The highest BCUT2D eigenvalue weighted by atomic mass is 35.5. The molecule has 0 amide bonds. The van der Waals surface area contributed by atoms with Crippen LogP contribution in [0.1, 0.15) is 10.4 Å².